The van der Waals surface area contributed by atoms with Gasteiger partial charge in [0.2, 0.25) is 0 Å². The Balaban J connectivity index is 2.29. The highest BCUT2D eigenvalue weighted by atomic mass is 35.5. The van der Waals surface area contributed by atoms with Crippen molar-refractivity contribution in [3.8, 4) is 0 Å². The van der Waals surface area contributed by atoms with Crippen LogP contribution >= 0.6 is 23.2 Å². The molecule has 0 aliphatic heterocycles. The minimum Gasteiger partial charge on any atom is -0.316 e. The summed E-state index contributed by atoms with van der Waals surface area (Å²) in [7, 11) is 0. The van der Waals surface area contributed by atoms with Crippen molar-refractivity contribution in [2.75, 3.05) is 5.32 Å². The number of nitro benzene ring substituents is 1. The number of halogens is 2. The summed E-state index contributed by atoms with van der Waals surface area (Å²) in [6.45, 7) is 0. The zero-order chi connectivity index (χ0) is 15.4. The summed E-state index contributed by atoms with van der Waals surface area (Å²) in [6, 6.07) is 10.8. The van der Waals surface area contributed by atoms with E-state index >= 15 is 0 Å². The minimum absolute atomic E-state index is 0.0886. The highest BCUT2D eigenvalue weighted by Gasteiger charge is 2.17. The summed E-state index contributed by atoms with van der Waals surface area (Å²) in [5, 5.41) is 13.7. The van der Waals surface area contributed by atoms with E-state index < -0.39 is 10.8 Å². The van der Waals surface area contributed by atoms with Crippen LogP contribution in [0.15, 0.2) is 42.5 Å². The molecule has 108 valence electrons. The molecule has 7 heteroatoms. The molecule has 0 saturated heterocycles. The van der Waals surface area contributed by atoms with Crippen LogP contribution in [0, 0.1) is 10.1 Å². The van der Waals surface area contributed by atoms with Gasteiger partial charge in [-0.1, -0.05) is 23.7 Å². The number of nitro groups is 1. The molecule has 0 saturated carbocycles. The maximum Gasteiger partial charge on any atom is 0.294 e. The molecule has 0 aromatic heterocycles. The van der Waals surface area contributed by atoms with E-state index in [0.717, 1.165) is 5.56 Å². The van der Waals surface area contributed by atoms with Gasteiger partial charge in [-0.3, -0.25) is 14.9 Å². The van der Waals surface area contributed by atoms with Crippen LogP contribution in [-0.4, -0.2) is 10.8 Å². The summed E-state index contributed by atoms with van der Waals surface area (Å²) >= 11 is 11.4. The van der Waals surface area contributed by atoms with Crippen molar-refractivity contribution in [2.24, 2.45) is 0 Å². The molecule has 21 heavy (non-hydrogen) atoms. The average Bonchev–Trinajstić information content (AvgIpc) is 2.48. The Morgan fingerprint density at radius 3 is 2.67 bits per heavy atom. The summed E-state index contributed by atoms with van der Waals surface area (Å²) in [5.74, 6) is -0.172. The molecule has 2 rings (SSSR count). The van der Waals surface area contributed by atoms with Crippen molar-refractivity contribution >= 4 is 40.5 Å². The number of carbonyl (C=O) groups is 1. The van der Waals surface area contributed by atoms with Gasteiger partial charge in [0.1, 0.15) is 5.69 Å². The van der Waals surface area contributed by atoms with E-state index in [0.29, 0.717) is 5.56 Å². The van der Waals surface area contributed by atoms with Crippen molar-refractivity contribution in [3.05, 3.63) is 68.7 Å². The van der Waals surface area contributed by atoms with E-state index in [2.05, 4.69) is 5.32 Å². The van der Waals surface area contributed by atoms with Gasteiger partial charge in [0, 0.05) is 22.5 Å². The smallest absolute Gasteiger partial charge is 0.294 e. The van der Waals surface area contributed by atoms with E-state index in [1.165, 1.54) is 18.2 Å². The Kier molecular flexibility index (Phi) is 4.77. The third-order valence-electron chi connectivity index (χ3n) is 2.75. The van der Waals surface area contributed by atoms with Gasteiger partial charge in [-0.15, -0.1) is 11.6 Å². The van der Waals surface area contributed by atoms with Gasteiger partial charge in [0.15, 0.2) is 0 Å². The molecule has 0 aliphatic rings. The number of hydrogen-bond donors (Lipinski definition) is 1. The molecule has 0 fully saturated rings. The zero-order valence-corrected chi connectivity index (χ0v) is 12.2. The first-order valence-corrected chi connectivity index (χ1v) is 6.82. The highest BCUT2D eigenvalue weighted by molar-refractivity contribution is 6.31. The largest absolute Gasteiger partial charge is 0.316 e. The normalized spacial score (nSPS) is 10.2. The number of nitrogens with one attached hydrogen (secondary N) is 1. The lowest BCUT2D eigenvalue weighted by molar-refractivity contribution is -0.383. The lowest BCUT2D eigenvalue weighted by atomic mass is 10.1. The fraction of sp³-hybridized carbons (Fsp3) is 0.0714. The average molecular weight is 325 g/mol. The molecule has 0 aliphatic carbocycles. The number of amides is 1. The van der Waals surface area contributed by atoms with E-state index in [1.807, 2.05) is 0 Å². The van der Waals surface area contributed by atoms with Crippen molar-refractivity contribution in [1.29, 1.82) is 0 Å². The predicted molar refractivity (Wildman–Crippen MR) is 82.1 cm³/mol. The molecule has 1 amide bonds. The number of rotatable bonds is 4. The molecule has 0 unspecified atom stereocenters. The van der Waals surface area contributed by atoms with Gasteiger partial charge in [-0.2, -0.15) is 0 Å². The second-order valence-electron chi connectivity index (χ2n) is 4.21. The molecule has 1 N–H and O–H groups in total. The fourth-order valence-electron chi connectivity index (χ4n) is 1.75. The number of hydrogen-bond acceptors (Lipinski definition) is 3. The third kappa shape index (κ3) is 3.71. The molecule has 0 atom stereocenters. The van der Waals surface area contributed by atoms with Gasteiger partial charge < -0.3 is 5.32 Å². The Morgan fingerprint density at radius 1 is 1.24 bits per heavy atom. The van der Waals surface area contributed by atoms with Crippen LogP contribution in [0.1, 0.15) is 15.9 Å². The number of alkyl halides is 1. The second-order valence-corrected chi connectivity index (χ2v) is 4.91. The van der Waals surface area contributed by atoms with Gasteiger partial charge in [0.25, 0.3) is 11.6 Å². The van der Waals surface area contributed by atoms with Crippen molar-refractivity contribution in [1.82, 2.24) is 0 Å². The quantitative estimate of drug-likeness (QED) is 0.519. The summed E-state index contributed by atoms with van der Waals surface area (Å²) in [5.41, 5.74) is 0.988. The fourth-order valence-corrected chi connectivity index (χ4v) is 2.08. The minimum atomic E-state index is -0.601. The van der Waals surface area contributed by atoms with Crippen LogP contribution in [0.2, 0.25) is 5.02 Å². The number of nitrogens with zero attached hydrogens (tertiary/aromatic N) is 1. The van der Waals surface area contributed by atoms with Crippen molar-refractivity contribution < 1.29 is 9.72 Å². The maximum absolute atomic E-state index is 12.1. The van der Waals surface area contributed by atoms with Gasteiger partial charge >= 0.3 is 0 Å². The van der Waals surface area contributed by atoms with E-state index in [1.54, 1.807) is 24.3 Å². The van der Waals surface area contributed by atoms with Crippen LogP contribution < -0.4 is 5.32 Å². The zero-order valence-electron chi connectivity index (χ0n) is 10.7. The van der Waals surface area contributed by atoms with Crippen molar-refractivity contribution in [2.45, 2.75) is 5.88 Å². The van der Waals surface area contributed by atoms with Crippen LogP contribution in [-0.2, 0) is 5.88 Å². The highest BCUT2D eigenvalue weighted by Crippen LogP contribution is 2.28. The van der Waals surface area contributed by atoms with E-state index in [9.17, 15) is 14.9 Å². The summed E-state index contributed by atoms with van der Waals surface area (Å²) < 4.78 is 0. The standard InChI is InChI=1S/C14H10Cl2N2O3/c15-8-9-2-1-3-10(6-9)14(19)17-12-5-4-11(16)7-13(12)18(20)21/h1-7H,8H2,(H,17,19). The Hall–Kier alpha value is -2.11. The van der Waals surface area contributed by atoms with Crippen LogP contribution in [0.4, 0.5) is 11.4 Å². The van der Waals surface area contributed by atoms with Gasteiger partial charge in [0.05, 0.1) is 4.92 Å². The van der Waals surface area contributed by atoms with Crippen LogP contribution in [0.25, 0.3) is 0 Å². The molecule has 0 radical (unpaired) electrons. The lowest BCUT2D eigenvalue weighted by Crippen LogP contribution is -2.13. The maximum atomic E-state index is 12.1. The SMILES string of the molecule is O=C(Nc1ccc(Cl)cc1[N+](=O)[O-])c1cccc(CCl)c1. The van der Waals surface area contributed by atoms with Crippen LogP contribution in [0.3, 0.4) is 0 Å². The molecule has 5 nitrogen and oxygen atoms in total. The van der Waals surface area contributed by atoms with Crippen molar-refractivity contribution in [3.63, 3.8) is 0 Å². The topological polar surface area (TPSA) is 72.2 Å². The van der Waals surface area contributed by atoms with Gasteiger partial charge in [-0.05, 0) is 29.8 Å². The molecular formula is C14H10Cl2N2O3. The Labute approximate surface area is 130 Å². The monoisotopic (exact) mass is 324 g/mol. The summed E-state index contributed by atoms with van der Waals surface area (Å²) in [4.78, 5) is 22.5. The molecule has 0 heterocycles. The predicted octanol–water partition coefficient (Wildman–Crippen LogP) is 4.24. The Morgan fingerprint density at radius 2 is 2.00 bits per heavy atom. The number of anilines is 1. The second kappa shape index (κ2) is 6.56. The molecule has 2 aromatic rings. The molecule has 0 spiro atoms. The lowest BCUT2D eigenvalue weighted by Gasteiger charge is -2.07. The first-order chi connectivity index (χ1) is 10.0. The molecule has 2 aromatic carbocycles. The van der Waals surface area contributed by atoms with Crippen LogP contribution in [0.5, 0.6) is 0 Å². The molecular weight excluding hydrogens is 315 g/mol. The summed E-state index contributed by atoms with van der Waals surface area (Å²) in [6.07, 6.45) is 0. The number of carbonyl (C=O) groups excluding carboxylic acids is 1. The first kappa shape index (κ1) is 15.3. The Bertz CT molecular complexity index is 704. The first-order valence-electron chi connectivity index (χ1n) is 5.91. The van der Waals surface area contributed by atoms with E-state index in [4.69, 9.17) is 23.2 Å². The molecule has 0 bridgehead atoms. The van der Waals surface area contributed by atoms with Gasteiger partial charge in [-0.25, -0.2) is 0 Å². The number of benzene rings is 2. The van der Waals surface area contributed by atoms with E-state index in [-0.39, 0.29) is 22.3 Å². The third-order valence-corrected chi connectivity index (χ3v) is 3.29.